The second-order valence-corrected chi connectivity index (χ2v) is 4.04. The van der Waals surface area contributed by atoms with Crippen molar-refractivity contribution in [3.8, 4) is 11.5 Å². The Morgan fingerprint density at radius 1 is 1.37 bits per heavy atom. The van der Waals surface area contributed by atoms with Gasteiger partial charge in [0.1, 0.15) is 0 Å². The molecule has 0 radical (unpaired) electrons. The number of nitrogens with zero attached hydrogens (tertiary/aromatic N) is 1. The molecule has 6 heteroatoms. The number of methoxy groups -OCH3 is 2. The Kier molecular flexibility index (Phi) is 5.17. The van der Waals surface area contributed by atoms with Crippen molar-refractivity contribution < 1.29 is 24.6 Å². The predicted molar refractivity (Wildman–Crippen MR) is 69.4 cm³/mol. The molecule has 0 spiro atoms. The summed E-state index contributed by atoms with van der Waals surface area (Å²) in [5, 5.41) is 20.3. The van der Waals surface area contributed by atoms with Gasteiger partial charge >= 0.3 is 5.97 Å². The van der Waals surface area contributed by atoms with E-state index in [2.05, 4.69) is 5.16 Å². The van der Waals surface area contributed by atoms with E-state index in [4.69, 9.17) is 19.8 Å². The number of oxime groups is 1. The lowest BCUT2D eigenvalue weighted by molar-refractivity contribution is -0.129. The zero-order valence-corrected chi connectivity index (χ0v) is 11.1. The number of hydrogen-bond acceptors (Lipinski definition) is 5. The van der Waals surface area contributed by atoms with Gasteiger partial charge in [0.25, 0.3) is 0 Å². The van der Waals surface area contributed by atoms with E-state index in [0.717, 1.165) is 5.56 Å². The molecule has 0 amide bonds. The van der Waals surface area contributed by atoms with Crippen molar-refractivity contribution in [2.45, 2.75) is 19.3 Å². The maximum absolute atomic E-state index is 10.8. The minimum Gasteiger partial charge on any atom is -0.493 e. The van der Waals surface area contributed by atoms with Gasteiger partial charge in [-0.25, -0.2) is 4.79 Å². The van der Waals surface area contributed by atoms with Crippen LogP contribution in [-0.2, 0) is 4.79 Å². The predicted octanol–water partition coefficient (Wildman–Crippen LogP) is 2.11. The van der Waals surface area contributed by atoms with E-state index >= 15 is 0 Å². The lowest BCUT2D eigenvalue weighted by atomic mass is 9.94. The Labute approximate surface area is 111 Å². The minimum atomic E-state index is -1.24. The fourth-order valence-corrected chi connectivity index (χ4v) is 1.87. The lowest BCUT2D eigenvalue weighted by Gasteiger charge is -2.17. The molecule has 0 aliphatic rings. The molecule has 0 fully saturated rings. The SMILES string of the molecule is COc1cccc(C(C)CC(=NO)C(=O)O)c1OC. The molecule has 2 N–H and O–H groups in total. The first-order chi connectivity index (χ1) is 9.04. The lowest BCUT2D eigenvalue weighted by Crippen LogP contribution is -2.16. The van der Waals surface area contributed by atoms with Gasteiger partial charge in [-0.3, -0.25) is 0 Å². The molecule has 1 aromatic rings. The zero-order chi connectivity index (χ0) is 14.4. The number of benzene rings is 1. The number of carbonyl (C=O) groups is 1. The third-order valence-corrected chi connectivity index (χ3v) is 2.83. The molecule has 1 aromatic carbocycles. The van der Waals surface area contributed by atoms with E-state index in [1.54, 1.807) is 12.1 Å². The average molecular weight is 267 g/mol. The molecular weight excluding hydrogens is 250 g/mol. The van der Waals surface area contributed by atoms with Crippen LogP contribution in [0.4, 0.5) is 0 Å². The van der Waals surface area contributed by atoms with E-state index in [1.165, 1.54) is 14.2 Å². The Morgan fingerprint density at radius 2 is 2.05 bits per heavy atom. The first-order valence-corrected chi connectivity index (χ1v) is 5.70. The number of aliphatic carboxylic acids is 1. The number of carboxylic acids is 1. The Balaban J connectivity index is 3.06. The summed E-state index contributed by atoms with van der Waals surface area (Å²) < 4.78 is 10.5. The van der Waals surface area contributed by atoms with Crippen LogP contribution in [0.5, 0.6) is 11.5 Å². The molecule has 0 bridgehead atoms. The smallest absolute Gasteiger partial charge is 0.353 e. The monoisotopic (exact) mass is 267 g/mol. The maximum atomic E-state index is 10.8. The third kappa shape index (κ3) is 3.37. The van der Waals surface area contributed by atoms with E-state index in [0.29, 0.717) is 11.5 Å². The van der Waals surface area contributed by atoms with Gasteiger partial charge in [-0.2, -0.15) is 0 Å². The summed E-state index contributed by atoms with van der Waals surface area (Å²) in [6.45, 7) is 1.82. The van der Waals surface area contributed by atoms with E-state index in [9.17, 15) is 4.79 Å². The van der Waals surface area contributed by atoms with Gasteiger partial charge in [-0.15, -0.1) is 0 Å². The summed E-state index contributed by atoms with van der Waals surface area (Å²) in [7, 11) is 3.05. The van der Waals surface area contributed by atoms with Crippen LogP contribution in [0.1, 0.15) is 24.8 Å². The molecule has 1 rings (SSSR count). The summed E-state index contributed by atoms with van der Waals surface area (Å²) in [6, 6.07) is 5.37. The minimum absolute atomic E-state index is 0.0926. The van der Waals surface area contributed by atoms with Crippen LogP contribution in [-0.4, -0.2) is 36.2 Å². The second-order valence-electron chi connectivity index (χ2n) is 4.04. The third-order valence-electron chi connectivity index (χ3n) is 2.83. The maximum Gasteiger partial charge on any atom is 0.353 e. The highest BCUT2D eigenvalue weighted by atomic mass is 16.5. The van der Waals surface area contributed by atoms with Gasteiger partial charge in [0.2, 0.25) is 0 Å². The molecule has 104 valence electrons. The van der Waals surface area contributed by atoms with E-state index < -0.39 is 5.97 Å². The van der Waals surface area contributed by atoms with Gasteiger partial charge in [-0.1, -0.05) is 24.2 Å². The highest BCUT2D eigenvalue weighted by Gasteiger charge is 2.20. The molecule has 0 saturated carbocycles. The van der Waals surface area contributed by atoms with Gasteiger partial charge in [0.05, 0.1) is 14.2 Å². The van der Waals surface area contributed by atoms with Gasteiger partial charge < -0.3 is 19.8 Å². The molecule has 19 heavy (non-hydrogen) atoms. The second kappa shape index (κ2) is 6.63. The van der Waals surface area contributed by atoms with Crippen molar-refractivity contribution in [1.82, 2.24) is 0 Å². The molecule has 0 heterocycles. The molecule has 0 aliphatic heterocycles. The number of rotatable bonds is 6. The van der Waals surface area contributed by atoms with Crippen LogP contribution in [0.15, 0.2) is 23.4 Å². The molecule has 1 unspecified atom stereocenters. The van der Waals surface area contributed by atoms with Crippen LogP contribution in [0, 0.1) is 0 Å². The molecule has 1 atom stereocenters. The van der Waals surface area contributed by atoms with Crippen LogP contribution >= 0.6 is 0 Å². The van der Waals surface area contributed by atoms with Gasteiger partial charge in [0, 0.05) is 12.0 Å². The van der Waals surface area contributed by atoms with Crippen molar-refractivity contribution in [3.05, 3.63) is 23.8 Å². The van der Waals surface area contributed by atoms with Crippen molar-refractivity contribution in [2.75, 3.05) is 14.2 Å². The summed E-state index contributed by atoms with van der Waals surface area (Å²) in [6.07, 6.45) is 0.0926. The highest BCUT2D eigenvalue weighted by molar-refractivity contribution is 6.35. The van der Waals surface area contributed by atoms with Crippen molar-refractivity contribution >= 4 is 11.7 Å². The first-order valence-electron chi connectivity index (χ1n) is 5.70. The van der Waals surface area contributed by atoms with Crippen LogP contribution in [0.3, 0.4) is 0 Å². The van der Waals surface area contributed by atoms with E-state index in [-0.39, 0.29) is 18.1 Å². The number of ether oxygens (including phenoxy) is 2. The Morgan fingerprint density at radius 3 is 2.53 bits per heavy atom. The standard InChI is InChI=1S/C13H17NO5/c1-8(7-10(14-17)13(15)16)9-5-4-6-11(18-2)12(9)19-3/h4-6,8,17H,7H2,1-3H3,(H,15,16). The van der Waals surface area contributed by atoms with Crippen LogP contribution in [0.2, 0.25) is 0 Å². The normalized spacial score (nSPS) is 12.9. The summed E-state index contributed by atoms with van der Waals surface area (Å²) in [5.74, 6) is -0.298. The largest absolute Gasteiger partial charge is 0.493 e. The van der Waals surface area contributed by atoms with Crippen LogP contribution in [0.25, 0.3) is 0 Å². The van der Waals surface area contributed by atoms with Gasteiger partial charge in [-0.05, 0) is 12.0 Å². The van der Waals surface area contributed by atoms with Crippen molar-refractivity contribution in [2.24, 2.45) is 5.16 Å². The average Bonchev–Trinajstić information content (AvgIpc) is 2.42. The first kappa shape index (κ1) is 14.8. The summed E-state index contributed by atoms with van der Waals surface area (Å²) >= 11 is 0. The zero-order valence-electron chi connectivity index (χ0n) is 11.1. The van der Waals surface area contributed by atoms with Crippen molar-refractivity contribution in [3.63, 3.8) is 0 Å². The summed E-state index contributed by atoms with van der Waals surface area (Å²) in [5.41, 5.74) is 0.502. The molecular formula is C13H17NO5. The van der Waals surface area contributed by atoms with Crippen LogP contribution < -0.4 is 9.47 Å². The topological polar surface area (TPSA) is 88.4 Å². The Hall–Kier alpha value is -2.24. The quantitative estimate of drug-likeness (QED) is 0.468. The fraction of sp³-hybridized carbons (Fsp3) is 0.385. The van der Waals surface area contributed by atoms with E-state index in [1.807, 2.05) is 13.0 Å². The molecule has 6 nitrogen and oxygen atoms in total. The molecule has 0 aromatic heterocycles. The number of para-hydroxylation sites is 1. The fourth-order valence-electron chi connectivity index (χ4n) is 1.87. The number of hydrogen-bond donors (Lipinski definition) is 2. The molecule has 0 aliphatic carbocycles. The number of carboxylic acid groups (broad SMARTS) is 1. The molecule has 0 saturated heterocycles. The Bertz CT molecular complexity index is 484. The van der Waals surface area contributed by atoms with Gasteiger partial charge in [0.15, 0.2) is 17.2 Å². The highest BCUT2D eigenvalue weighted by Crippen LogP contribution is 2.36. The summed E-state index contributed by atoms with van der Waals surface area (Å²) in [4.78, 5) is 10.8. The van der Waals surface area contributed by atoms with Crippen molar-refractivity contribution in [1.29, 1.82) is 0 Å².